The van der Waals surface area contributed by atoms with Crippen LogP contribution in [0.2, 0.25) is 0 Å². The molecule has 0 unspecified atom stereocenters. The average Bonchev–Trinajstić information content (AvgIpc) is 3.51. The molecular weight excluding hydrogens is 1190 g/mol. The number of rotatable bonds is 8. The van der Waals surface area contributed by atoms with Crippen molar-refractivity contribution in [2.45, 2.75) is 19.6 Å². The van der Waals surface area contributed by atoms with E-state index in [0.29, 0.717) is 0 Å². The molecule has 0 spiro atoms. The maximum absolute atomic E-state index is 2.63. The van der Waals surface area contributed by atoms with E-state index in [1.165, 1.54) is 82.2 Å². The minimum absolute atomic E-state index is 0.0210. The first-order chi connectivity index (χ1) is 37.5. The topological polar surface area (TPSA) is 13.0 Å². The summed E-state index contributed by atoms with van der Waals surface area (Å²) in [6.45, 7) is -0.0420. The normalized spacial score (nSPS) is 13.2. The van der Waals surface area contributed by atoms with Crippen molar-refractivity contribution in [3.05, 3.63) is 262 Å². The molecule has 0 atom stereocenters. The van der Waals surface area contributed by atoms with Gasteiger partial charge in [-0.3, -0.25) is 0 Å². The Balaban J connectivity index is 1.04. The van der Waals surface area contributed by atoms with Gasteiger partial charge in [-0.15, -0.1) is 0 Å². The SMILES string of the molecule is Ic1ccc(N2c3cc4c(cc3B3c5ccccc5Sc5cc(N(c6ccccc6)c6ccccc6)cc2c53)B2c3ccccc3Sc3cc(N(c5ccccc5)c5ccccc5)cc(c32)N4c2ccc(I)cc2)cc1. The number of hydrogen-bond donors (Lipinski definition) is 0. The van der Waals surface area contributed by atoms with Gasteiger partial charge in [0, 0.05) is 95.0 Å². The lowest BCUT2D eigenvalue weighted by atomic mass is 9.31. The fourth-order valence-electron chi connectivity index (χ4n) is 12.1. The van der Waals surface area contributed by atoms with Crippen molar-refractivity contribution >= 4 is 183 Å². The maximum atomic E-state index is 2.63. The van der Waals surface area contributed by atoms with Crippen LogP contribution >= 0.6 is 68.7 Å². The van der Waals surface area contributed by atoms with E-state index in [-0.39, 0.29) is 13.4 Å². The van der Waals surface area contributed by atoms with Crippen molar-refractivity contribution in [1.29, 1.82) is 0 Å². The third-order valence-electron chi connectivity index (χ3n) is 15.2. The Morgan fingerprint density at radius 3 is 1.00 bits per heavy atom. The van der Waals surface area contributed by atoms with Crippen LogP contribution in [0.25, 0.3) is 0 Å². The van der Waals surface area contributed by atoms with Gasteiger partial charge in [-0.1, -0.05) is 150 Å². The molecular formula is C66H42B2I2N4S2. The van der Waals surface area contributed by atoms with E-state index in [1.54, 1.807) is 0 Å². The molecule has 76 heavy (non-hydrogen) atoms. The van der Waals surface area contributed by atoms with E-state index in [9.17, 15) is 0 Å². The minimum atomic E-state index is -0.0210. The largest absolute Gasteiger partial charge is 0.311 e. The quantitative estimate of drug-likeness (QED) is 0.110. The molecule has 0 aromatic heterocycles. The van der Waals surface area contributed by atoms with Crippen LogP contribution in [0.3, 0.4) is 0 Å². The van der Waals surface area contributed by atoms with Crippen LogP contribution in [0.1, 0.15) is 0 Å². The second-order valence-corrected chi connectivity index (χ2v) is 24.2. The zero-order valence-corrected chi connectivity index (χ0v) is 46.7. The predicted molar refractivity (Wildman–Crippen MR) is 341 cm³/mol. The Kier molecular flexibility index (Phi) is 11.5. The Bertz CT molecular complexity index is 3720. The molecule has 4 nitrogen and oxygen atoms in total. The predicted octanol–water partition coefficient (Wildman–Crippen LogP) is 15.4. The highest BCUT2D eigenvalue weighted by Crippen LogP contribution is 2.50. The molecule has 0 amide bonds. The summed E-state index contributed by atoms with van der Waals surface area (Å²) in [4.78, 5) is 15.1. The molecule has 0 radical (unpaired) electrons. The van der Waals surface area contributed by atoms with Gasteiger partial charge >= 0.3 is 0 Å². The van der Waals surface area contributed by atoms with Gasteiger partial charge in [0.05, 0.1) is 0 Å². The standard InChI is InChI=1S/C66H42B2I2N4S2/c69-43-29-33-49(34-30-43)73-57-42-58-56(41-55(57)67-53-25-13-15-27-61(53)75-63-39-51(37-59(73)65(63)67)71(45-17-5-1-6-18-45)46-19-7-2-8-20-46)68-54-26-14-16-28-62(54)76-64-40-52(38-60(66(64)68)74(58)50-35-31-44(70)32-36-50)72(47-21-9-3-10-22-47)48-23-11-4-12-24-48/h1-42H. The van der Waals surface area contributed by atoms with Crippen molar-refractivity contribution in [2.24, 2.45) is 0 Å². The number of anilines is 12. The molecule has 15 rings (SSSR count). The lowest BCUT2D eigenvalue weighted by Crippen LogP contribution is -2.64. The Labute approximate surface area is 479 Å². The second kappa shape index (κ2) is 18.9. The van der Waals surface area contributed by atoms with Gasteiger partial charge in [0.25, 0.3) is 0 Å². The van der Waals surface area contributed by atoms with Crippen LogP contribution in [0, 0.1) is 7.14 Å². The first-order valence-electron chi connectivity index (χ1n) is 25.5. The van der Waals surface area contributed by atoms with E-state index in [2.05, 4.69) is 320 Å². The molecule has 0 aliphatic carbocycles. The molecule has 0 fully saturated rings. The third-order valence-corrected chi connectivity index (χ3v) is 18.9. The summed E-state index contributed by atoms with van der Waals surface area (Å²) in [5, 5.41) is 0. The van der Waals surface area contributed by atoms with Crippen LogP contribution in [-0.4, -0.2) is 13.4 Å². The van der Waals surface area contributed by atoms with Gasteiger partial charge in [0.15, 0.2) is 0 Å². The summed E-state index contributed by atoms with van der Waals surface area (Å²) in [6.07, 6.45) is 0. The summed E-state index contributed by atoms with van der Waals surface area (Å²) < 4.78 is 2.40. The summed E-state index contributed by atoms with van der Waals surface area (Å²) in [6, 6.07) is 94.8. The first-order valence-corrected chi connectivity index (χ1v) is 29.3. The summed E-state index contributed by atoms with van der Waals surface area (Å²) in [5.41, 5.74) is 21.6. The van der Waals surface area contributed by atoms with Gasteiger partial charge in [-0.05, 0) is 207 Å². The van der Waals surface area contributed by atoms with Gasteiger partial charge in [0.1, 0.15) is 0 Å². The maximum Gasteiger partial charge on any atom is 0.249 e. The number of nitrogens with zero attached hydrogens (tertiary/aromatic N) is 4. The van der Waals surface area contributed by atoms with Crippen LogP contribution in [0.4, 0.5) is 68.2 Å². The number of fused-ring (bicyclic) bond motifs is 8. The zero-order valence-electron chi connectivity index (χ0n) is 40.8. The highest BCUT2D eigenvalue weighted by Gasteiger charge is 2.47. The van der Waals surface area contributed by atoms with Crippen molar-refractivity contribution in [3.63, 3.8) is 0 Å². The van der Waals surface area contributed by atoms with E-state index in [1.807, 2.05) is 23.5 Å². The molecule has 0 saturated carbocycles. The van der Waals surface area contributed by atoms with E-state index < -0.39 is 0 Å². The van der Waals surface area contributed by atoms with Crippen molar-refractivity contribution < 1.29 is 0 Å². The number of halogens is 2. The molecule has 4 aliphatic heterocycles. The Morgan fingerprint density at radius 2 is 0.632 bits per heavy atom. The highest BCUT2D eigenvalue weighted by atomic mass is 127. The minimum Gasteiger partial charge on any atom is -0.311 e. The van der Waals surface area contributed by atoms with Gasteiger partial charge < -0.3 is 19.6 Å². The van der Waals surface area contributed by atoms with Crippen LogP contribution in [0.15, 0.2) is 274 Å². The Hall–Kier alpha value is -7.09. The van der Waals surface area contributed by atoms with Crippen LogP contribution in [0.5, 0.6) is 0 Å². The van der Waals surface area contributed by atoms with E-state index in [4.69, 9.17) is 0 Å². The monoisotopic (exact) mass is 1230 g/mol. The first kappa shape index (κ1) is 46.2. The molecule has 0 N–H and O–H groups in total. The van der Waals surface area contributed by atoms with Gasteiger partial charge in [0.2, 0.25) is 13.4 Å². The fourth-order valence-corrected chi connectivity index (χ4v) is 15.2. The molecule has 0 bridgehead atoms. The lowest BCUT2D eigenvalue weighted by molar-refractivity contribution is 1.21. The average molecular weight is 1230 g/mol. The number of para-hydroxylation sites is 4. The molecule has 11 aromatic rings. The van der Waals surface area contributed by atoms with E-state index in [0.717, 1.165) is 45.5 Å². The van der Waals surface area contributed by atoms with Crippen LogP contribution < -0.4 is 52.4 Å². The lowest BCUT2D eigenvalue weighted by Gasteiger charge is -2.45. The smallest absolute Gasteiger partial charge is 0.249 e. The number of benzene rings is 11. The number of hydrogen-bond acceptors (Lipinski definition) is 6. The van der Waals surface area contributed by atoms with Gasteiger partial charge in [-0.2, -0.15) is 0 Å². The highest BCUT2D eigenvalue weighted by molar-refractivity contribution is 14.1. The summed E-state index contributed by atoms with van der Waals surface area (Å²) in [5.74, 6) is 0. The molecule has 4 aliphatic rings. The molecule has 0 saturated heterocycles. The van der Waals surface area contributed by atoms with Crippen molar-refractivity contribution in [3.8, 4) is 0 Å². The second-order valence-electron chi connectivity index (χ2n) is 19.5. The molecule has 11 aromatic carbocycles. The van der Waals surface area contributed by atoms with Crippen LogP contribution in [-0.2, 0) is 0 Å². The Morgan fingerprint density at radius 1 is 0.289 bits per heavy atom. The summed E-state index contributed by atoms with van der Waals surface area (Å²) >= 11 is 8.70. The van der Waals surface area contributed by atoms with E-state index >= 15 is 0 Å². The third kappa shape index (κ3) is 7.65. The van der Waals surface area contributed by atoms with Gasteiger partial charge in [-0.25, -0.2) is 0 Å². The zero-order chi connectivity index (χ0) is 50.4. The molecule has 358 valence electrons. The molecule has 10 heteroatoms. The summed E-state index contributed by atoms with van der Waals surface area (Å²) in [7, 11) is 0. The molecule has 4 heterocycles. The van der Waals surface area contributed by atoms with Crippen molar-refractivity contribution in [1.82, 2.24) is 0 Å². The van der Waals surface area contributed by atoms with Crippen molar-refractivity contribution in [2.75, 3.05) is 19.6 Å². The fraction of sp³-hybridized carbons (Fsp3) is 0.